The number of hydrogen-bond acceptors (Lipinski definition) is 2. The van der Waals surface area contributed by atoms with Gasteiger partial charge in [0, 0.05) is 19.5 Å². The zero-order valence-corrected chi connectivity index (χ0v) is 12.4. The Morgan fingerprint density at radius 1 is 1.16 bits per heavy atom. The summed E-state index contributed by atoms with van der Waals surface area (Å²) in [5.41, 5.74) is 3.81. The van der Waals surface area contributed by atoms with Crippen LogP contribution in [0.2, 0.25) is 0 Å². The Kier molecular flexibility index (Phi) is 7.19. The van der Waals surface area contributed by atoms with E-state index >= 15 is 0 Å². The van der Waals surface area contributed by atoms with E-state index in [1.807, 2.05) is 0 Å². The molecule has 0 spiro atoms. The largest absolute Gasteiger partial charge is 0.355 e. The van der Waals surface area contributed by atoms with Gasteiger partial charge in [-0.15, -0.1) is 0 Å². The Morgan fingerprint density at radius 2 is 1.95 bits per heavy atom. The van der Waals surface area contributed by atoms with Crippen LogP contribution >= 0.6 is 0 Å². The second-order valence-corrected chi connectivity index (χ2v) is 5.03. The molecule has 0 aliphatic rings. The molecule has 0 aliphatic carbocycles. The van der Waals surface area contributed by atoms with Crippen LogP contribution in [-0.4, -0.2) is 25.5 Å². The second-order valence-electron chi connectivity index (χ2n) is 5.03. The van der Waals surface area contributed by atoms with Crippen LogP contribution in [-0.2, 0) is 11.2 Å². The van der Waals surface area contributed by atoms with Crippen molar-refractivity contribution in [3.63, 3.8) is 0 Å². The third-order valence-corrected chi connectivity index (χ3v) is 3.17. The summed E-state index contributed by atoms with van der Waals surface area (Å²) in [6.07, 6.45) is 2.51. The second kappa shape index (κ2) is 8.70. The van der Waals surface area contributed by atoms with Crippen molar-refractivity contribution in [3.05, 3.63) is 34.9 Å². The standard InChI is InChI=1S/C16H26N2O/c1-4-9-17-10-11-18-16(19)8-7-15-6-5-13(2)12-14(15)3/h5-6,12,17H,4,7-11H2,1-3H3,(H,18,19). The van der Waals surface area contributed by atoms with Gasteiger partial charge in [0.2, 0.25) is 5.91 Å². The van der Waals surface area contributed by atoms with Gasteiger partial charge in [0.05, 0.1) is 0 Å². The van der Waals surface area contributed by atoms with E-state index in [-0.39, 0.29) is 5.91 Å². The van der Waals surface area contributed by atoms with Gasteiger partial charge < -0.3 is 10.6 Å². The van der Waals surface area contributed by atoms with E-state index < -0.39 is 0 Å². The Morgan fingerprint density at radius 3 is 2.63 bits per heavy atom. The van der Waals surface area contributed by atoms with Gasteiger partial charge in [-0.2, -0.15) is 0 Å². The molecule has 0 radical (unpaired) electrons. The Bertz CT molecular complexity index is 402. The van der Waals surface area contributed by atoms with Crippen molar-refractivity contribution in [1.82, 2.24) is 10.6 Å². The van der Waals surface area contributed by atoms with Crippen LogP contribution in [0.5, 0.6) is 0 Å². The smallest absolute Gasteiger partial charge is 0.220 e. The molecule has 0 aliphatic heterocycles. The number of carbonyl (C=O) groups excluding carboxylic acids is 1. The predicted octanol–water partition coefficient (Wildman–Crippen LogP) is 2.35. The van der Waals surface area contributed by atoms with Crippen LogP contribution in [0.3, 0.4) is 0 Å². The van der Waals surface area contributed by atoms with Crippen molar-refractivity contribution in [2.75, 3.05) is 19.6 Å². The van der Waals surface area contributed by atoms with Crippen molar-refractivity contribution in [2.24, 2.45) is 0 Å². The first-order valence-electron chi connectivity index (χ1n) is 7.17. The molecule has 0 atom stereocenters. The molecule has 19 heavy (non-hydrogen) atoms. The fourth-order valence-electron chi connectivity index (χ4n) is 2.05. The Hall–Kier alpha value is -1.35. The lowest BCUT2D eigenvalue weighted by molar-refractivity contribution is -0.121. The molecule has 0 saturated carbocycles. The molecule has 0 aromatic heterocycles. The van der Waals surface area contributed by atoms with Gasteiger partial charge in [0.15, 0.2) is 0 Å². The molecular formula is C16H26N2O. The highest BCUT2D eigenvalue weighted by atomic mass is 16.1. The average Bonchev–Trinajstić information content (AvgIpc) is 2.37. The summed E-state index contributed by atoms with van der Waals surface area (Å²) in [4.78, 5) is 11.7. The molecule has 0 bridgehead atoms. The lowest BCUT2D eigenvalue weighted by Gasteiger charge is -2.08. The number of nitrogens with one attached hydrogen (secondary N) is 2. The fourth-order valence-corrected chi connectivity index (χ4v) is 2.05. The van der Waals surface area contributed by atoms with Gasteiger partial charge in [0.25, 0.3) is 0 Å². The van der Waals surface area contributed by atoms with Crippen molar-refractivity contribution in [3.8, 4) is 0 Å². The number of rotatable bonds is 8. The molecule has 3 heteroatoms. The van der Waals surface area contributed by atoms with Gasteiger partial charge >= 0.3 is 0 Å². The number of amides is 1. The fraction of sp³-hybridized carbons (Fsp3) is 0.562. The topological polar surface area (TPSA) is 41.1 Å². The summed E-state index contributed by atoms with van der Waals surface area (Å²) in [7, 11) is 0. The quantitative estimate of drug-likeness (QED) is 0.706. The lowest BCUT2D eigenvalue weighted by atomic mass is 10.0. The minimum Gasteiger partial charge on any atom is -0.355 e. The summed E-state index contributed by atoms with van der Waals surface area (Å²) in [6, 6.07) is 6.40. The van der Waals surface area contributed by atoms with Crippen LogP contribution in [0, 0.1) is 13.8 Å². The van der Waals surface area contributed by atoms with Gasteiger partial charge in [-0.3, -0.25) is 4.79 Å². The van der Waals surface area contributed by atoms with E-state index in [1.165, 1.54) is 16.7 Å². The number of benzene rings is 1. The summed E-state index contributed by atoms with van der Waals surface area (Å²) >= 11 is 0. The molecule has 0 heterocycles. The molecule has 3 nitrogen and oxygen atoms in total. The summed E-state index contributed by atoms with van der Waals surface area (Å²) in [5.74, 6) is 0.137. The first-order valence-corrected chi connectivity index (χ1v) is 7.17. The molecule has 0 unspecified atom stereocenters. The molecule has 1 amide bonds. The number of aryl methyl sites for hydroxylation is 3. The van der Waals surface area contributed by atoms with Gasteiger partial charge in [-0.05, 0) is 44.4 Å². The molecule has 0 fully saturated rings. The Balaban J connectivity index is 2.22. The molecular weight excluding hydrogens is 236 g/mol. The van der Waals surface area contributed by atoms with Gasteiger partial charge in [0.1, 0.15) is 0 Å². The zero-order valence-electron chi connectivity index (χ0n) is 12.4. The van der Waals surface area contributed by atoms with E-state index in [0.29, 0.717) is 13.0 Å². The normalized spacial score (nSPS) is 10.5. The number of hydrogen-bond donors (Lipinski definition) is 2. The predicted molar refractivity (Wildman–Crippen MR) is 80.4 cm³/mol. The van der Waals surface area contributed by atoms with Crippen LogP contribution in [0.15, 0.2) is 18.2 Å². The van der Waals surface area contributed by atoms with E-state index in [2.05, 4.69) is 49.6 Å². The van der Waals surface area contributed by atoms with E-state index in [0.717, 1.165) is 25.9 Å². The molecule has 1 rings (SSSR count). The van der Waals surface area contributed by atoms with E-state index in [9.17, 15) is 4.79 Å². The molecule has 0 saturated heterocycles. The SMILES string of the molecule is CCCNCCNC(=O)CCc1ccc(C)cc1C. The van der Waals surface area contributed by atoms with E-state index in [1.54, 1.807) is 0 Å². The van der Waals surface area contributed by atoms with Crippen molar-refractivity contribution in [2.45, 2.75) is 40.0 Å². The van der Waals surface area contributed by atoms with Crippen LogP contribution in [0.25, 0.3) is 0 Å². The highest BCUT2D eigenvalue weighted by Gasteiger charge is 2.03. The third kappa shape index (κ3) is 6.39. The highest BCUT2D eigenvalue weighted by Crippen LogP contribution is 2.12. The minimum absolute atomic E-state index is 0.137. The molecule has 2 N–H and O–H groups in total. The minimum atomic E-state index is 0.137. The maximum atomic E-state index is 11.7. The van der Waals surface area contributed by atoms with Crippen molar-refractivity contribution < 1.29 is 4.79 Å². The summed E-state index contributed by atoms with van der Waals surface area (Å²) < 4.78 is 0. The Labute approximate surface area is 116 Å². The first-order chi connectivity index (χ1) is 9.13. The maximum absolute atomic E-state index is 11.7. The lowest BCUT2D eigenvalue weighted by Crippen LogP contribution is -2.32. The van der Waals surface area contributed by atoms with Crippen LogP contribution in [0.4, 0.5) is 0 Å². The highest BCUT2D eigenvalue weighted by molar-refractivity contribution is 5.76. The molecule has 1 aromatic rings. The molecule has 1 aromatic carbocycles. The van der Waals surface area contributed by atoms with Crippen molar-refractivity contribution >= 4 is 5.91 Å². The van der Waals surface area contributed by atoms with E-state index in [4.69, 9.17) is 0 Å². The third-order valence-electron chi connectivity index (χ3n) is 3.17. The average molecular weight is 262 g/mol. The van der Waals surface area contributed by atoms with Crippen LogP contribution in [0.1, 0.15) is 36.5 Å². The van der Waals surface area contributed by atoms with Gasteiger partial charge in [-0.25, -0.2) is 0 Å². The summed E-state index contributed by atoms with van der Waals surface area (Å²) in [5, 5.41) is 6.21. The maximum Gasteiger partial charge on any atom is 0.220 e. The monoisotopic (exact) mass is 262 g/mol. The number of carbonyl (C=O) groups is 1. The zero-order chi connectivity index (χ0) is 14.1. The van der Waals surface area contributed by atoms with Crippen LogP contribution < -0.4 is 10.6 Å². The van der Waals surface area contributed by atoms with Crippen molar-refractivity contribution in [1.29, 1.82) is 0 Å². The summed E-state index contributed by atoms with van der Waals surface area (Å²) in [6.45, 7) is 8.91. The van der Waals surface area contributed by atoms with Gasteiger partial charge in [-0.1, -0.05) is 30.7 Å². The first kappa shape index (κ1) is 15.7. The molecule has 106 valence electrons.